The number of aryl methyl sites for hydroxylation is 1. The summed E-state index contributed by atoms with van der Waals surface area (Å²) in [6.45, 7) is 2.79. The van der Waals surface area contributed by atoms with Gasteiger partial charge in [-0.05, 0) is 31.5 Å². The maximum Gasteiger partial charge on any atom is 0.253 e. The topological polar surface area (TPSA) is 59.8 Å². The molecule has 0 radical (unpaired) electrons. The Morgan fingerprint density at radius 2 is 2.19 bits per heavy atom. The van der Waals surface area contributed by atoms with Gasteiger partial charge in [-0.2, -0.15) is 0 Å². The molecule has 2 heterocycles. The molecule has 1 amide bonds. The van der Waals surface area contributed by atoms with Crippen LogP contribution in [0.15, 0.2) is 18.2 Å². The molecule has 7 heteroatoms. The van der Waals surface area contributed by atoms with Gasteiger partial charge in [-0.15, -0.1) is 10.2 Å². The summed E-state index contributed by atoms with van der Waals surface area (Å²) < 4.78 is 2.06. The van der Waals surface area contributed by atoms with Crippen LogP contribution in [0, 0.1) is 0 Å². The molecule has 0 saturated heterocycles. The molecule has 110 valence electrons. The van der Waals surface area contributed by atoms with E-state index >= 15 is 0 Å². The summed E-state index contributed by atoms with van der Waals surface area (Å²) in [6, 6.07) is 4.57. The fourth-order valence-corrected chi connectivity index (χ4v) is 3.00. The van der Waals surface area contributed by atoms with Crippen LogP contribution in [0.5, 0.6) is 0 Å². The molecule has 0 fully saturated rings. The van der Waals surface area contributed by atoms with E-state index in [-0.39, 0.29) is 11.9 Å². The molecular formula is C14H14Cl2N4O. The largest absolute Gasteiger partial charge is 0.342 e. The second kappa shape index (κ2) is 5.66. The maximum absolute atomic E-state index is 12.3. The molecule has 3 rings (SSSR count). The van der Waals surface area contributed by atoms with Gasteiger partial charge in [-0.1, -0.05) is 23.2 Å². The van der Waals surface area contributed by atoms with Crippen LogP contribution in [-0.4, -0.2) is 20.7 Å². The molecule has 1 aliphatic rings. The molecule has 1 aliphatic heterocycles. The number of rotatable bonds is 3. The van der Waals surface area contributed by atoms with Gasteiger partial charge in [-0.25, -0.2) is 0 Å². The maximum atomic E-state index is 12.3. The average Bonchev–Trinajstić information content (AvgIpc) is 3.00. The quantitative estimate of drug-likeness (QED) is 0.944. The highest BCUT2D eigenvalue weighted by Gasteiger charge is 2.23. The van der Waals surface area contributed by atoms with Gasteiger partial charge >= 0.3 is 0 Å². The number of hydrogen-bond acceptors (Lipinski definition) is 3. The van der Waals surface area contributed by atoms with Crippen LogP contribution < -0.4 is 5.32 Å². The van der Waals surface area contributed by atoms with Crippen LogP contribution in [0.4, 0.5) is 0 Å². The van der Waals surface area contributed by atoms with E-state index in [1.54, 1.807) is 18.2 Å². The molecule has 0 saturated carbocycles. The highest BCUT2D eigenvalue weighted by atomic mass is 35.5. The summed E-state index contributed by atoms with van der Waals surface area (Å²) in [7, 11) is 0. The first-order valence-electron chi connectivity index (χ1n) is 6.74. The molecule has 1 aromatic heterocycles. The molecular weight excluding hydrogens is 311 g/mol. The Morgan fingerprint density at radius 1 is 1.38 bits per heavy atom. The predicted molar refractivity (Wildman–Crippen MR) is 80.7 cm³/mol. The van der Waals surface area contributed by atoms with Gasteiger partial charge in [0.15, 0.2) is 5.82 Å². The fourth-order valence-electron chi connectivity index (χ4n) is 2.51. The second-order valence-corrected chi connectivity index (χ2v) is 5.89. The van der Waals surface area contributed by atoms with Gasteiger partial charge in [0.05, 0.1) is 16.6 Å². The van der Waals surface area contributed by atoms with Crippen LogP contribution in [0.2, 0.25) is 10.0 Å². The third-order valence-corrected chi connectivity index (χ3v) is 4.10. The third kappa shape index (κ3) is 2.76. The lowest BCUT2D eigenvalue weighted by Gasteiger charge is -2.14. The van der Waals surface area contributed by atoms with Gasteiger partial charge in [0, 0.05) is 18.0 Å². The zero-order valence-corrected chi connectivity index (χ0v) is 12.9. The molecule has 0 bridgehead atoms. The zero-order valence-electron chi connectivity index (χ0n) is 11.4. The average molecular weight is 325 g/mol. The van der Waals surface area contributed by atoms with Crippen LogP contribution in [0.3, 0.4) is 0 Å². The van der Waals surface area contributed by atoms with Gasteiger partial charge < -0.3 is 9.88 Å². The van der Waals surface area contributed by atoms with Crippen molar-refractivity contribution in [3.63, 3.8) is 0 Å². The third-order valence-electron chi connectivity index (χ3n) is 3.55. The minimum absolute atomic E-state index is 0.233. The Bertz CT molecular complexity index is 698. The summed E-state index contributed by atoms with van der Waals surface area (Å²) >= 11 is 11.9. The number of halogens is 2. The van der Waals surface area contributed by atoms with E-state index in [1.807, 2.05) is 6.92 Å². The minimum Gasteiger partial charge on any atom is -0.342 e. The fraction of sp³-hybridized carbons (Fsp3) is 0.357. The molecule has 5 nitrogen and oxygen atoms in total. The summed E-state index contributed by atoms with van der Waals surface area (Å²) in [5, 5.41) is 12.0. The molecule has 0 unspecified atom stereocenters. The Morgan fingerprint density at radius 3 is 2.95 bits per heavy atom. The number of benzene rings is 1. The van der Waals surface area contributed by atoms with Gasteiger partial charge in [0.25, 0.3) is 5.91 Å². The van der Waals surface area contributed by atoms with Crippen molar-refractivity contribution < 1.29 is 4.79 Å². The van der Waals surface area contributed by atoms with Crippen molar-refractivity contribution in [2.45, 2.75) is 32.4 Å². The Kier molecular flexibility index (Phi) is 3.87. The standard InChI is InChI=1S/C14H14Cl2N4O/c1-8(13-19-18-12-3-2-6-20(12)13)17-14(21)10-5-4-9(15)7-11(10)16/h4-5,7-8H,2-3,6H2,1H3,(H,17,21)/t8-/m0/s1. The zero-order chi connectivity index (χ0) is 15.0. The number of carbonyl (C=O) groups excluding carboxylic acids is 1. The molecule has 0 spiro atoms. The second-order valence-electron chi connectivity index (χ2n) is 5.05. The van der Waals surface area contributed by atoms with Crippen molar-refractivity contribution >= 4 is 29.1 Å². The Balaban J connectivity index is 1.77. The summed E-state index contributed by atoms with van der Waals surface area (Å²) in [4.78, 5) is 12.3. The van der Waals surface area contributed by atoms with Crippen LogP contribution in [-0.2, 0) is 13.0 Å². The van der Waals surface area contributed by atoms with Crippen LogP contribution >= 0.6 is 23.2 Å². The molecule has 21 heavy (non-hydrogen) atoms. The number of aromatic nitrogens is 3. The van der Waals surface area contributed by atoms with Crippen LogP contribution in [0.25, 0.3) is 0 Å². The number of amides is 1. The molecule has 0 aliphatic carbocycles. The first-order chi connectivity index (χ1) is 10.1. The van der Waals surface area contributed by atoms with Crippen molar-refractivity contribution in [3.8, 4) is 0 Å². The summed E-state index contributed by atoms with van der Waals surface area (Å²) in [5.41, 5.74) is 0.397. The first kappa shape index (κ1) is 14.4. The Hall–Kier alpha value is -1.59. The smallest absolute Gasteiger partial charge is 0.253 e. The summed E-state index contributed by atoms with van der Waals surface area (Å²) in [6.07, 6.45) is 2.01. The van der Waals surface area contributed by atoms with E-state index in [2.05, 4.69) is 20.1 Å². The SMILES string of the molecule is C[C@H](NC(=O)c1ccc(Cl)cc1Cl)c1nnc2n1CCC2. The Labute approximate surface area is 132 Å². The monoisotopic (exact) mass is 324 g/mol. The number of hydrogen-bond donors (Lipinski definition) is 1. The lowest BCUT2D eigenvalue weighted by molar-refractivity contribution is 0.0937. The number of carbonyl (C=O) groups is 1. The van der Waals surface area contributed by atoms with Crippen molar-refractivity contribution in [2.75, 3.05) is 0 Å². The highest BCUT2D eigenvalue weighted by Crippen LogP contribution is 2.23. The van der Waals surface area contributed by atoms with Crippen molar-refractivity contribution in [1.82, 2.24) is 20.1 Å². The predicted octanol–water partition coefficient (Wildman–Crippen LogP) is 3.02. The van der Waals surface area contributed by atoms with Crippen LogP contribution in [0.1, 0.15) is 41.4 Å². The number of nitrogens with zero attached hydrogens (tertiary/aromatic N) is 3. The number of nitrogens with one attached hydrogen (secondary N) is 1. The van der Waals surface area contributed by atoms with E-state index in [0.29, 0.717) is 15.6 Å². The van der Waals surface area contributed by atoms with Crippen molar-refractivity contribution in [2.24, 2.45) is 0 Å². The molecule has 2 aromatic rings. The van der Waals surface area contributed by atoms with Gasteiger partial charge in [0.1, 0.15) is 5.82 Å². The lowest BCUT2D eigenvalue weighted by Crippen LogP contribution is -2.28. The highest BCUT2D eigenvalue weighted by molar-refractivity contribution is 6.36. The molecule has 1 aromatic carbocycles. The van der Waals surface area contributed by atoms with Crippen molar-refractivity contribution in [1.29, 1.82) is 0 Å². The number of fused-ring (bicyclic) bond motifs is 1. The lowest BCUT2D eigenvalue weighted by atomic mass is 10.2. The minimum atomic E-state index is -0.250. The normalized spacial score (nSPS) is 14.8. The van der Waals surface area contributed by atoms with E-state index in [1.165, 1.54) is 0 Å². The summed E-state index contributed by atoms with van der Waals surface area (Å²) in [5.74, 6) is 1.51. The molecule has 1 N–H and O–H groups in total. The van der Waals surface area contributed by atoms with E-state index < -0.39 is 0 Å². The van der Waals surface area contributed by atoms with E-state index in [9.17, 15) is 4.79 Å². The molecule has 1 atom stereocenters. The van der Waals surface area contributed by atoms with E-state index in [4.69, 9.17) is 23.2 Å². The van der Waals surface area contributed by atoms with Gasteiger partial charge in [0.2, 0.25) is 0 Å². The van der Waals surface area contributed by atoms with Gasteiger partial charge in [-0.3, -0.25) is 4.79 Å². The first-order valence-corrected chi connectivity index (χ1v) is 7.49. The van der Waals surface area contributed by atoms with Crippen molar-refractivity contribution in [3.05, 3.63) is 45.5 Å². The van der Waals surface area contributed by atoms with E-state index in [0.717, 1.165) is 31.0 Å².